The third-order valence-electron chi connectivity index (χ3n) is 2.26. The van der Waals surface area contributed by atoms with Gasteiger partial charge in [-0.2, -0.15) is 0 Å². The number of hydrogen-bond acceptors (Lipinski definition) is 3. The Morgan fingerprint density at radius 2 is 2.12 bits per heavy atom. The maximum Gasteiger partial charge on any atom is 0.275 e. The van der Waals surface area contributed by atoms with E-state index < -0.39 is 0 Å². The van der Waals surface area contributed by atoms with E-state index in [0.717, 1.165) is 5.56 Å². The topological polar surface area (TPSA) is 64.3 Å². The second-order valence-electron chi connectivity index (χ2n) is 4.33. The summed E-state index contributed by atoms with van der Waals surface area (Å²) in [5.41, 5.74) is 9.53. The van der Waals surface area contributed by atoms with Crippen LogP contribution in [-0.2, 0) is 11.3 Å². The highest BCUT2D eigenvalue weighted by Crippen LogP contribution is 2.09. The smallest absolute Gasteiger partial charge is 0.275 e. The van der Waals surface area contributed by atoms with Gasteiger partial charge in [-0.1, -0.05) is 32.0 Å². The normalized spacial score (nSPS) is 10.6. The molecule has 0 aliphatic carbocycles. The van der Waals surface area contributed by atoms with E-state index >= 15 is 0 Å². The molecule has 1 aromatic rings. The standard InChI is InChI=1S/C13H20N2O2/c1-10(2)9-17-15-13(16)12-6-4-3-5-11(12)7-8-14/h3-6,10H,7-9,14H2,1-2H3,(H,15,16). The monoisotopic (exact) mass is 236 g/mol. The number of nitrogens with one attached hydrogen (secondary N) is 1. The zero-order chi connectivity index (χ0) is 12.7. The summed E-state index contributed by atoms with van der Waals surface area (Å²) in [5, 5.41) is 0. The lowest BCUT2D eigenvalue weighted by molar-refractivity contribution is 0.0208. The van der Waals surface area contributed by atoms with Crippen LogP contribution >= 0.6 is 0 Å². The molecule has 1 amide bonds. The Morgan fingerprint density at radius 1 is 1.41 bits per heavy atom. The van der Waals surface area contributed by atoms with Gasteiger partial charge in [-0.15, -0.1) is 0 Å². The van der Waals surface area contributed by atoms with Gasteiger partial charge in [0.1, 0.15) is 0 Å². The summed E-state index contributed by atoms with van der Waals surface area (Å²) in [6.45, 7) is 5.07. The van der Waals surface area contributed by atoms with Gasteiger partial charge in [-0.25, -0.2) is 5.48 Å². The molecule has 0 spiro atoms. The van der Waals surface area contributed by atoms with Gasteiger partial charge in [0.25, 0.3) is 5.91 Å². The Balaban J connectivity index is 2.61. The molecule has 4 nitrogen and oxygen atoms in total. The van der Waals surface area contributed by atoms with E-state index in [2.05, 4.69) is 5.48 Å². The number of hydrogen-bond donors (Lipinski definition) is 2. The minimum absolute atomic E-state index is 0.213. The molecule has 0 atom stereocenters. The first kappa shape index (κ1) is 13.7. The number of carbonyl (C=O) groups excluding carboxylic acids is 1. The predicted molar refractivity (Wildman–Crippen MR) is 67.5 cm³/mol. The molecular weight excluding hydrogens is 216 g/mol. The van der Waals surface area contributed by atoms with Crippen molar-refractivity contribution in [2.24, 2.45) is 11.7 Å². The van der Waals surface area contributed by atoms with Crippen LogP contribution in [-0.4, -0.2) is 19.1 Å². The van der Waals surface area contributed by atoms with E-state index in [-0.39, 0.29) is 5.91 Å². The van der Waals surface area contributed by atoms with Crippen LogP contribution in [0.2, 0.25) is 0 Å². The van der Waals surface area contributed by atoms with E-state index in [9.17, 15) is 4.79 Å². The second-order valence-corrected chi connectivity index (χ2v) is 4.33. The first-order valence-corrected chi connectivity index (χ1v) is 5.85. The highest BCUT2D eigenvalue weighted by atomic mass is 16.6. The highest BCUT2D eigenvalue weighted by Gasteiger charge is 2.10. The molecule has 94 valence electrons. The molecule has 1 rings (SSSR count). The molecule has 0 fully saturated rings. The van der Waals surface area contributed by atoms with E-state index in [1.165, 1.54) is 0 Å². The molecule has 0 bridgehead atoms. The van der Waals surface area contributed by atoms with Gasteiger partial charge in [-0.05, 0) is 30.5 Å². The summed E-state index contributed by atoms with van der Waals surface area (Å²) in [7, 11) is 0. The van der Waals surface area contributed by atoms with Gasteiger partial charge in [0, 0.05) is 5.56 Å². The summed E-state index contributed by atoms with van der Waals surface area (Å²) >= 11 is 0. The fraction of sp³-hybridized carbons (Fsp3) is 0.462. The molecule has 17 heavy (non-hydrogen) atoms. The molecule has 0 unspecified atom stereocenters. The molecule has 0 heterocycles. The van der Waals surface area contributed by atoms with Crippen LogP contribution in [0.4, 0.5) is 0 Å². The van der Waals surface area contributed by atoms with Gasteiger partial charge in [0.15, 0.2) is 0 Å². The summed E-state index contributed by atoms with van der Waals surface area (Å²) in [5.74, 6) is 0.171. The molecule has 1 aromatic carbocycles. The van der Waals surface area contributed by atoms with Crippen molar-refractivity contribution >= 4 is 5.91 Å². The number of amides is 1. The minimum Gasteiger partial charge on any atom is -0.330 e. The van der Waals surface area contributed by atoms with Crippen LogP contribution in [0.15, 0.2) is 24.3 Å². The Hall–Kier alpha value is -1.39. The van der Waals surface area contributed by atoms with Crippen molar-refractivity contribution in [3.63, 3.8) is 0 Å². The number of rotatable bonds is 6. The quantitative estimate of drug-likeness (QED) is 0.736. The Kier molecular flexibility index (Phi) is 5.66. The lowest BCUT2D eigenvalue weighted by atomic mass is 10.0. The van der Waals surface area contributed by atoms with Crippen molar-refractivity contribution in [1.29, 1.82) is 0 Å². The lowest BCUT2D eigenvalue weighted by Gasteiger charge is -2.10. The second kappa shape index (κ2) is 7.04. The zero-order valence-corrected chi connectivity index (χ0v) is 10.4. The predicted octanol–water partition coefficient (Wildman–Crippen LogP) is 1.51. The van der Waals surface area contributed by atoms with Crippen LogP contribution in [0.1, 0.15) is 29.8 Å². The summed E-state index contributed by atoms with van der Waals surface area (Å²) in [6, 6.07) is 7.41. The first-order valence-electron chi connectivity index (χ1n) is 5.85. The fourth-order valence-electron chi connectivity index (χ4n) is 1.44. The number of nitrogens with two attached hydrogens (primary N) is 1. The summed E-state index contributed by atoms with van der Waals surface area (Å²) in [6.07, 6.45) is 0.688. The van der Waals surface area contributed by atoms with Crippen molar-refractivity contribution in [2.75, 3.05) is 13.2 Å². The highest BCUT2D eigenvalue weighted by molar-refractivity contribution is 5.94. The molecule has 0 aliphatic heterocycles. The number of carbonyl (C=O) groups is 1. The van der Waals surface area contributed by atoms with Gasteiger partial charge >= 0.3 is 0 Å². The Labute approximate surface area is 102 Å². The van der Waals surface area contributed by atoms with Gasteiger partial charge < -0.3 is 5.73 Å². The maximum absolute atomic E-state index is 11.8. The van der Waals surface area contributed by atoms with Crippen molar-refractivity contribution in [3.05, 3.63) is 35.4 Å². The average Bonchev–Trinajstić information content (AvgIpc) is 2.29. The van der Waals surface area contributed by atoms with E-state index in [4.69, 9.17) is 10.6 Å². The van der Waals surface area contributed by atoms with Crippen LogP contribution in [0.25, 0.3) is 0 Å². The lowest BCUT2D eigenvalue weighted by Crippen LogP contribution is -2.26. The van der Waals surface area contributed by atoms with Crippen LogP contribution in [0.3, 0.4) is 0 Å². The average molecular weight is 236 g/mol. The van der Waals surface area contributed by atoms with Crippen LogP contribution in [0, 0.1) is 5.92 Å². The molecule has 0 saturated heterocycles. The minimum atomic E-state index is -0.213. The summed E-state index contributed by atoms with van der Waals surface area (Å²) < 4.78 is 0. The largest absolute Gasteiger partial charge is 0.330 e. The van der Waals surface area contributed by atoms with E-state index in [1.807, 2.05) is 32.0 Å². The molecule has 0 saturated carbocycles. The summed E-state index contributed by atoms with van der Waals surface area (Å²) in [4.78, 5) is 17.0. The maximum atomic E-state index is 11.8. The molecular formula is C13H20N2O2. The zero-order valence-electron chi connectivity index (χ0n) is 10.4. The Morgan fingerprint density at radius 3 is 2.76 bits per heavy atom. The number of hydroxylamine groups is 1. The fourth-order valence-corrected chi connectivity index (χ4v) is 1.44. The third-order valence-corrected chi connectivity index (χ3v) is 2.26. The van der Waals surface area contributed by atoms with Crippen molar-refractivity contribution in [3.8, 4) is 0 Å². The molecule has 0 radical (unpaired) electrons. The molecule has 0 aliphatic rings. The SMILES string of the molecule is CC(C)CONC(=O)c1ccccc1CCN. The number of benzene rings is 1. The van der Waals surface area contributed by atoms with Crippen molar-refractivity contribution in [2.45, 2.75) is 20.3 Å². The van der Waals surface area contributed by atoms with Gasteiger partial charge in [-0.3, -0.25) is 9.63 Å². The van der Waals surface area contributed by atoms with Crippen LogP contribution < -0.4 is 11.2 Å². The van der Waals surface area contributed by atoms with Crippen molar-refractivity contribution in [1.82, 2.24) is 5.48 Å². The van der Waals surface area contributed by atoms with Gasteiger partial charge in [0.2, 0.25) is 0 Å². The third kappa shape index (κ3) is 4.54. The first-order chi connectivity index (χ1) is 8.15. The van der Waals surface area contributed by atoms with E-state index in [0.29, 0.717) is 31.1 Å². The van der Waals surface area contributed by atoms with E-state index in [1.54, 1.807) is 6.07 Å². The van der Waals surface area contributed by atoms with Crippen molar-refractivity contribution < 1.29 is 9.63 Å². The van der Waals surface area contributed by atoms with Crippen LogP contribution in [0.5, 0.6) is 0 Å². The molecule has 3 N–H and O–H groups in total. The molecule has 0 aromatic heterocycles. The Bertz CT molecular complexity index is 364. The van der Waals surface area contributed by atoms with Gasteiger partial charge in [0.05, 0.1) is 6.61 Å². The molecule has 4 heteroatoms.